The third kappa shape index (κ3) is 7.57. The molecule has 0 aliphatic carbocycles. The van der Waals surface area contributed by atoms with Crippen LogP contribution < -0.4 is 29.6 Å². The standard InChI is InChI=1S/C30H30N4O9S2/c1-40-20-7-5-19(6-8-20)28(35)34(24-11-14-32-18-23(24)31)29(36)22-10-9-21(41-2)17-25(22)43-15-4-13-33-45(38,39)26-12-16-44-27(26)30(37)42-3/h5-12,14,16-18,33H,4,13,15,31H2,1-3H3. The number of hydrogen-bond donors (Lipinski definition) is 2. The predicted octanol–water partition coefficient (Wildman–Crippen LogP) is 3.76. The fourth-order valence-electron chi connectivity index (χ4n) is 4.11. The Bertz CT molecular complexity index is 1790. The first-order valence-electron chi connectivity index (χ1n) is 13.3. The van der Waals surface area contributed by atoms with Gasteiger partial charge in [-0.05, 0) is 60.3 Å². The Kier molecular flexibility index (Phi) is 10.7. The van der Waals surface area contributed by atoms with Gasteiger partial charge in [0, 0.05) is 24.4 Å². The Balaban J connectivity index is 1.55. The molecule has 13 nitrogen and oxygen atoms in total. The van der Waals surface area contributed by atoms with Crippen LogP contribution in [0.4, 0.5) is 11.4 Å². The van der Waals surface area contributed by atoms with E-state index in [9.17, 15) is 22.8 Å². The van der Waals surface area contributed by atoms with Gasteiger partial charge < -0.3 is 24.7 Å². The summed E-state index contributed by atoms with van der Waals surface area (Å²) in [5.74, 6) is -1.15. The number of imide groups is 1. The van der Waals surface area contributed by atoms with Crippen LogP contribution in [-0.4, -0.2) is 65.7 Å². The Morgan fingerprint density at radius 2 is 1.67 bits per heavy atom. The summed E-state index contributed by atoms with van der Waals surface area (Å²) in [6.07, 6.45) is 2.92. The number of thiophene rings is 1. The highest BCUT2D eigenvalue weighted by Crippen LogP contribution is 2.31. The summed E-state index contributed by atoms with van der Waals surface area (Å²) in [7, 11) is 0.101. The molecule has 2 amide bonds. The Hall–Kier alpha value is -4.99. The van der Waals surface area contributed by atoms with Gasteiger partial charge in [0.2, 0.25) is 10.0 Å². The number of nitrogens with zero attached hydrogens (tertiary/aromatic N) is 2. The minimum atomic E-state index is -4.01. The number of carbonyl (C=O) groups excluding carboxylic acids is 3. The fraction of sp³-hybridized carbons (Fsp3) is 0.200. The van der Waals surface area contributed by atoms with E-state index in [2.05, 4.69) is 14.4 Å². The predicted molar refractivity (Wildman–Crippen MR) is 167 cm³/mol. The van der Waals surface area contributed by atoms with Crippen molar-refractivity contribution in [2.45, 2.75) is 11.3 Å². The third-order valence-electron chi connectivity index (χ3n) is 6.39. The first-order valence-corrected chi connectivity index (χ1v) is 15.7. The largest absolute Gasteiger partial charge is 0.497 e. The van der Waals surface area contributed by atoms with Gasteiger partial charge in [-0.1, -0.05) is 0 Å². The smallest absolute Gasteiger partial charge is 0.349 e. The topological polar surface area (TPSA) is 176 Å². The summed E-state index contributed by atoms with van der Waals surface area (Å²) in [4.78, 5) is 44.4. The molecule has 0 atom stereocenters. The number of esters is 1. The highest BCUT2D eigenvalue weighted by molar-refractivity contribution is 7.89. The molecule has 0 radical (unpaired) electrons. The molecule has 0 unspecified atom stereocenters. The number of methoxy groups -OCH3 is 3. The van der Waals surface area contributed by atoms with Gasteiger partial charge in [-0.3, -0.25) is 14.6 Å². The lowest BCUT2D eigenvalue weighted by atomic mass is 10.1. The quantitative estimate of drug-likeness (QED) is 0.122. The highest BCUT2D eigenvalue weighted by atomic mass is 32.2. The molecule has 0 saturated carbocycles. The van der Waals surface area contributed by atoms with Crippen molar-refractivity contribution >= 4 is 50.5 Å². The van der Waals surface area contributed by atoms with Crippen molar-refractivity contribution in [1.29, 1.82) is 0 Å². The summed E-state index contributed by atoms with van der Waals surface area (Å²) in [6.45, 7) is -0.0606. The van der Waals surface area contributed by atoms with E-state index in [1.165, 1.54) is 75.5 Å². The number of nitrogen functional groups attached to an aromatic ring is 1. The highest BCUT2D eigenvalue weighted by Gasteiger charge is 2.30. The number of hydrogen-bond acceptors (Lipinski definition) is 12. The van der Waals surface area contributed by atoms with Crippen LogP contribution in [0, 0.1) is 0 Å². The Morgan fingerprint density at radius 1 is 0.956 bits per heavy atom. The van der Waals surface area contributed by atoms with Gasteiger partial charge in [-0.15, -0.1) is 11.3 Å². The van der Waals surface area contributed by atoms with Crippen LogP contribution in [0.5, 0.6) is 17.2 Å². The molecule has 4 rings (SSSR count). The molecular weight excluding hydrogens is 624 g/mol. The molecule has 4 aromatic rings. The van der Waals surface area contributed by atoms with E-state index in [0.717, 1.165) is 16.2 Å². The van der Waals surface area contributed by atoms with Crippen LogP contribution >= 0.6 is 11.3 Å². The number of pyridine rings is 1. The number of ether oxygens (including phenoxy) is 4. The van der Waals surface area contributed by atoms with E-state index < -0.39 is 27.8 Å². The van der Waals surface area contributed by atoms with Gasteiger partial charge >= 0.3 is 5.97 Å². The summed E-state index contributed by atoms with van der Waals surface area (Å²) in [6, 6.07) is 13.5. The second kappa shape index (κ2) is 14.7. The summed E-state index contributed by atoms with van der Waals surface area (Å²) < 4.78 is 49.0. The van der Waals surface area contributed by atoms with Crippen LogP contribution in [0.2, 0.25) is 0 Å². The summed E-state index contributed by atoms with van der Waals surface area (Å²) in [5, 5.41) is 1.48. The van der Waals surface area contributed by atoms with E-state index in [1.807, 2.05) is 0 Å². The third-order valence-corrected chi connectivity index (χ3v) is 8.92. The van der Waals surface area contributed by atoms with Crippen LogP contribution in [0.25, 0.3) is 0 Å². The average Bonchev–Trinajstić information content (AvgIpc) is 3.56. The lowest BCUT2D eigenvalue weighted by Crippen LogP contribution is -2.38. The van der Waals surface area contributed by atoms with Crippen molar-refractivity contribution in [3.63, 3.8) is 0 Å². The molecule has 0 fully saturated rings. The van der Waals surface area contributed by atoms with Crippen molar-refractivity contribution in [1.82, 2.24) is 9.71 Å². The van der Waals surface area contributed by atoms with Gasteiger partial charge in [0.15, 0.2) is 0 Å². The van der Waals surface area contributed by atoms with Gasteiger partial charge in [0.1, 0.15) is 27.0 Å². The van der Waals surface area contributed by atoms with Crippen LogP contribution in [0.3, 0.4) is 0 Å². The van der Waals surface area contributed by atoms with Gasteiger partial charge in [-0.25, -0.2) is 22.8 Å². The minimum absolute atomic E-state index is 0.0206. The molecule has 2 aromatic carbocycles. The number of nitrogens with one attached hydrogen (secondary N) is 1. The molecule has 2 aromatic heterocycles. The maximum atomic E-state index is 14.1. The van der Waals surface area contributed by atoms with Gasteiger partial charge in [0.25, 0.3) is 11.8 Å². The van der Waals surface area contributed by atoms with Crippen LogP contribution in [0.15, 0.2) is 77.3 Å². The summed E-state index contributed by atoms with van der Waals surface area (Å²) >= 11 is 0.954. The van der Waals surface area contributed by atoms with Crippen molar-refractivity contribution in [2.24, 2.45) is 0 Å². The molecule has 15 heteroatoms. The molecule has 2 heterocycles. The number of carbonyl (C=O) groups is 3. The number of aromatic nitrogens is 1. The molecular formula is C30H30N4O9S2. The maximum absolute atomic E-state index is 14.1. The number of benzene rings is 2. The van der Waals surface area contributed by atoms with E-state index >= 15 is 0 Å². The minimum Gasteiger partial charge on any atom is -0.497 e. The SMILES string of the molecule is COC(=O)c1sccc1S(=O)(=O)NCCCOc1cc(OC)ccc1C(=O)N(C(=O)c1ccc(OC)cc1)c1ccncc1N. The zero-order valence-electron chi connectivity index (χ0n) is 24.5. The van der Waals surface area contributed by atoms with Crippen molar-refractivity contribution in [2.75, 3.05) is 45.1 Å². The van der Waals surface area contributed by atoms with Crippen LogP contribution in [0.1, 0.15) is 36.8 Å². The van der Waals surface area contributed by atoms with E-state index in [-0.39, 0.29) is 57.6 Å². The molecule has 3 N–H and O–H groups in total. The van der Waals surface area contributed by atoms with E-state index in [4.69, 9.17) is 19.9 Å². The molecule has 236 valence electrons. The first-order chi connectivity index (χ1) is 21.6. The van der Waals surface area contributed by atoms with Crippen LogP contribution in [-0.2, 0) is 14.8 Å². The monoisotopic (exact) mass is 654 g/mol. The van der Waals surface area contributed by atoms with Crippen molar-refractivity contribution in [3.05, 3.63) is 88.4 Å². The number of amides is 2. The van der Waals surface area contributed by atoms with Crippen molar-refractivity contribution in [3.8, 4) is 17.2 Å². The Morgan fingerprint density at radius 3 is 2.33 bits per heavy atom. The van der Waals surface area contributed by atoms with E-state index in [1.54, 1.807) is 18.2 Å². The number of sulfonamides is 1. The second-order valence-corrected chi connectivity index (χ2v) is 11.8. The molecule has 0 saturated heterocycles. The molecule has 0 aliphatic heterocycles. The van der Waals surface area contributed by atoms with E-state index in [0.29, 0.717) is 11.5 Å². The second-order valence-electron chi connectivity index (χ2n) is 9.18. The number of nitrogens with two attached hydrogens (primary N) is 1. The van der Waals surface area contributed by atoms with Crippen molar-refractivity contribution < 1.29 is 41.7 Å². The average molecular weight is 655 g/mol. The van der Waals surface area contributed by atoms with Gasteiger partial charge in [0.05, 0.1) is 51.1 Å². The molecule has 45 heavy (non-hydrogen) atoms. The number of anilines is 2. The number of rotatable bonds is 13. The first kappa shape index (κ1) is 32.9. The lowest BCUT2D eigenvalue weighted by Gasteiger charge is -2.24. The molecule has 0 aliphatic rings. The van der Waals surface area contributed by atoms with Gasteiger partial charge in [-0.2, -0.15) is 0 Å². The normalized spacial score (nSPS) is 11.0. The lowest BCUT2D eigenvalue weighted by molar-refractivity contribution is 0.0601. The molecule has 0 spiro atoms. The zero-order valence-corrected chi connectivity index (χ0v) is 26.1. The fourth-order valence-corrected chi connectivity index (χ4v) is 6.52. The Labute approximate surface area is 263 Å². The molecule has 0 bridgehead atoms. The summed E-state index contributed by atoms with van der Waals surface area (Å²) in [5.41, 5.74) is 6.57. The zero-order chi connectivity index (χ0) is 32.6. The maximum Gasteiger partial charge on any atom is 0.349 e.